The molecule has 4 heteroatoms. The van der Waals surface area contributed by atoms with Crippen molar-refractivity contribution in [3.05, 3.63) is 18.0 Å². The van der Waals surface area contributed by atoms with Gasteiger partial charge in [0.05, 0.1) is 11.8 Å². The maximum Gasteiger partial charge on any atom is 0.124 e. The van der Waals surface area contributed by atoms with Crippen molar-refractivity contribution in [2.75, 3.05) is 6.61 Å². The highest BCUT2D eigenvalue weighted by Crippen LogP contribution is 2.57. The minimum atomic E-state index is 0.430. The van der Waals surface area contributed by atoms with Gasteiger partial charge in [-0.2, -0.15) is 0 Å². The molecule has 2 aliphatic carbocycles. The summed E-state index contributed by atoms with van der Waals surface area (Å²) in [6.07, 6.45) is 7.23. The maximum absolute atomic E-state index is 5.83. The molecule has 0 radical (unpaired) electrons. The molecule has 2 fully saturated rings. The summed E-state index contributed by atoms with van der Waals surface area (Å²) >= 11 is 0. The van der Waals surface area contributed by atoms with E-state index >= 15 is 0 Å². The number of nitrogens with zero attached hydrogens (tertiary/aromatic N) is 1. The molecular weight excluding hydrogens is 216 g/mol. The van der Waals surface area contributed by atoms with Crippen molar-refractivity contribution in [3.63, 3.8) is 0 Å². The van der Waals surface area contributed by atoms with Gasteiger partial charge in [0, 0.05) is 30.7 Å². The van der Waals surface area contributed by atoms with Gasteiger partial charge < -0.3 is 14.6 Å². The van der Waals surface area contributed by atoms with Crippen LogP contribution in [0.4, 0.5) is 0 Å². The third kappa shape index (κ3) is 1.79. The molecule has 1 spiro atoms. The Morgan fingerprint density at radius 1 is 1.59 bits per heavy atom. The maximum atomic E-state index is 5.83. The third-order valence-electron chi connectivity index (χ3n) is 4.46. The molecule has 0 saturated heterocycles. The Morgan fingerprint density at radius 3 is 3.06 bits per heavy atom. The molecule has 0 bridgehead atoms. The second-order valence-electron chi connectivity index (χ2n) is 5.19. The highest BCUT2D eigenvalue weighted by Gasteiger charge is 2.58. The van der Waals surface area contributed by atoms with Crippen LogP contribution < -0.4 is 5.32 Å². The van der Waals surface area contributed by atoms with Crippen LogP contribution in [-0.4, -0.2) is 23.9 Å². The summed E-state index contributed by atoms with van der Waals surface area (Å²) in [6.45, 7) is 3.73. The summed E-state index contributed by atoms with van der Waals surface area (Å²) in [6, 6.07) is 2.52. The fourth-order valence-electron chi connectivity index (χ4n) is 3.28. The molecule has 1 aromatic heterocycles. The summed E-state index contributed by atoms with van der Waals surface area (Å²) in [5.74, 6) is 0. The second kappa shape index (κ2) is 4.42. The number of hydrogen-bond donors (Lipinski definition) is 1. The van der Waals surface area contributed by atoms with Crippen LogP contribution in [0.15, 0.2) is 16.9 Å². The van der Waals surface area contributed by atoms with E-state index in [2.05, 4.69) is 17.4 Å². The van der Waals surface area contributed by atoms with E-state index < -0.39 is 0 Å². The summed E-state index contributed by atoms with van der Waals surface area (Å²) in [5, 5.41) is 7.52. The molecule has 2 unspecified atom stereocenters. The lowest BCUT2D eigenvalue weighted by atomic mass is 9.51. The molecule has 0 aliphatic heterocycles. The van der Waals surface area contributed by atoms with Gasteiger partial charge in [0.1, 0.15) is 6.26 Å². The molecule has 1 aromatic rings. The molecule has 94 valence electrons. The smallest absolute Gasteiger partial charge is 0.124 e. The highest BCUT2D eigenvalue weighted by molar-refractivity contribution is 5.12. The third-order valence-corrected chi connectivity index (χ3v) is 4.46. The zero-order valence-electron chi connectivity index (χ0n) is 10.3. The van der Waals surface area contributed by atoms with Crippen LogP contribution >= 0.6 is 0 Å². The number of ether oxygens (including phenoxy) is 1. The van der Waals surface area contributed by atoms with Gasteiger partial charge >= 0.3 is 0 Å². The molecule has 3 rings (SSSR count). The Kier molecular flexibility index (Phi) is 2.92. The molecule has 4 nitrogen and oxygen atoms in total. The van der Waals surface area contributed by atoms with Gasteiger partial charge in [-0.3, -0.25) is 0 Å². The van der Waals surface area contributed by atoms with Gasteiger partial charge in [0.2, 0.25) is 0 Å². The van der Waals surface area contributed by atoms with E-state index in [1.165, 1.54) is 19.3 Å². The highest BCUT2D eigenvalue weighted by atomic mass is 16.5. The second-order valence-corrected chi connectivity index (χ2v) is 5.19. The molecule has 0 amide bonds. The molecule has 0 aromatic carbocycles. The Bertz CT molecular complexity index is 360. The number of hydrogen-bond acceptors (Lipinski definition) is 4. The van der Waals surface area contributed by atoms with Crippen LogP contribution in [0.2, 0.25) is 0 Å². The van der Waals surface area contributed by atoms with E-state index in [4.69, 9.17) is 9.26 Å². The molecule has 1 heterocycles. The zero-order valence-corrected chi connectivity index (χ0v) is 10.3. The fourth-order valence-corrected chi connectivity index (χ4v) is 3.28. The predicted octanol–water partition coefficient (Wildman–Crippen LogP) is 2.11. The number of nitrogens with one attached hydrogen (secondary N) is 1. The van der Waals surface area contributed by atoms with Crippen LogP contribution in [0.1, 0.15) is 38.3 Å². The first kappa shape index (κ1) is 11.2. The van der Waals surface area contributed by atoms with Crippen molar-refractivity contribution in [1.29, 1.82) is 0 Å². The largest absolute Gasteiger partial charge is 0.378 e. The fraction of sp³-hybridized carbons (Fsp3) is 0.769. The average Bonchev–Trinajstić information content (AvgIpc) is 2.72. The molecule has 2 aliphatic rings. The van der Waals surface area contributed by atoms with E-state index in [1.54, 1.807) is 6.26 Å². The molecular formula is C13H20N2O2. The minimum absolute atomic E-state index is 0.430. The first-order valence-electron chi connectivity index (χ1n) is 6.59. The van der Waals surface area contributed by atoms with Gasteiger partial charge in [-0.05, 0) is 26.2 Å². The summed E-state index contributed by atoms with van der Waals surface area (Å²) in [4.78, 5) is 0. The van der Waals surface area contributed by atoms with Crippen LogP contribution in [0.5, 0.6) is 0 Å². The van der Waals surface area contributed by atoms with Gasteiger partial charge in [0.15, 0.2) is 0 Å². The monoisotopic (exact) mass is 236 g/mol. The lowest BCUT2D eigenvalue weighted by molar-refractivity contribution is -0.173. The van der Waals surface area contributed by atoms with Crippen molar-refractivity contribution in [3.8, 4) is 0 Å². The molecule has 2 atom stereocenters. The van der Waals surface area contributed by atoms with E-state index in [0.717, 1.165) is 25.3 Å². The van der Waals surface area contributed by atoms with Crippen molar-refractivity contribution >= 4 is 0 Å². The lowest BCUT2D eigenvalue weighted by Gasteiger charge is -2.61. The Balaban J connectivity index is 1.55. The van der Waals surface area contributed by atoms with Gasteiger partial charge in [-0.25, -0.2) is 0 Å². The quantitative estimate of drug-likeness (QED) is 0.850. The standard InChI is InChI=1S/C13H20N2O2/c1-2-16-12-8-11(13(12)5-3-6-13)14-9-10-4-7-17-15-10/h4,7,11-12,14H,2-3,5-6,8-9H2,1H3. The van der Waals surface area contributed by atoms with Crippen LogP contribution in [0, 0.1) is 5.41 Å². The van der Waals surface area contributed by atoms with Crippen LogP contribution in [0.25, 0.3) is 0 Å². The van der Waals surface area contributed by atoms with Crippen LogP contribution in [-0.2, 0) is 11.3 Å². The normalized spacial score (nSPS) is 29.9. The zero-order chi connectivity index (χ0) is 11.7. The van der Waals surface area contributed by atoms with Gasteiger partial charge in [0.25, 0.3) is 0 Å². The van der Waals surface area contributed by atoms with Crippen molar-refractivity contribution < 1.29 is 9.26 Å². The predicted molar refractivity (Wildman–Crippen MR) is 63.4 cm³/mol. The van der Waals surface area contributed by atoms with Gasteiger partial charge in [-0.15, -0.1) is 0 Å². The van der Waals surface area contributed by atoms with Crippen LogP contribution in [0.3, 0.4) is 0 Å². The SMILES string of the molecule is CCOC1CC(NCc2ccon2)C12CCC2. The lowest BCUT2D eigenvalue weighted by Crippen LogP contribution is -2.66. The van der Waals surface area contributed by atoms with E-state index in [9.17, 15) is 0 Å². The van der Waals surface area contributed by atoms with E-state index in [1.807, 2.05) is 6.07 Å². The summed E-state index contributed by atoms with van der Waals surface area (Å²) in [5.41, 5.74) is 1.42. The molecule has 2 saturated carbocycles. The molecule has 17 heavy (non-hydrogen) atoms. The summed E-state index contributed by atoms with van der Waals surface area (Å²) < 4.78 is 10.7. The van der Waals surface area contributed by atoms with Gasteiger partial charge in [-0.1, -0.05) is 11.6 Å². The Hall–Kier alpha value is -0.870. The number of rotatable bonds is 5. The first-order chi connectivity index (χ1) is 8.35. The Labute approximate surface area is 102 Å². The van der Waals surface area contributed by atoms with E-state index in [0.29, 0.717) is 17.6 Å². The first-order valence-corrected chi connectivity index (χ1v) is 6.59. The summed E-state index contributed by atoms with van der Waals surface area (Å²) in [7, 11) is 0. The average molecular weight is 236 g/mol. The van der Waals surface area contributed by atoms with Crippen molar-refractivity contribution in [2.24, 2.45) is 5.41 Å². The van der Waals surface area contributed by atoms with Crippen molar-refractivity contribution in [1.82, 2.24) is 10.5 Å². The number of aromatic nitrogens is 1. The topological polar surface area (TPSA) is 47.3 Å². The minimum Gasteiger partial charge on any atom is -0.378 e. The molecule has 1 N–H and O–H groups in total. The Morgan fingerprint density at radius 2 is 2.47 bits per heavy atom. The van der Waals surface area contributed by atoms with Crippen molar-refractivity contribution in [2.45, 2.75) is 51.3 Å². The van der Waals surface area contributed by atoms with E-state index in [-0.39, 0.29) is 0 Å².